The number of hydrogen-bond acceptors (Lipinski definition) is 8. The highest BCUT2D eigenvalue weighted by molar-refractivity contribution is 6.03. The number of ether oxygens (including phenoxy) is 2. The number of ketones is 1. The highest BCUT2D eigenvalue weighted by Gasteiger charge is 2.20. The lowest BCUT2D eigenvalue weighted by molar-refractivity contribution is -0.115. The number of H-pyrrole nitrogens is 1. The van der Waals surface area contributed by atoms with Gasteiger partial charge in [-0.1, -0.05) is 98.3 Å². The SMILES string of the molecule is CCCCC(=O)/C(CCc1ccccc1)=C(/C)c1c(C)cc(OCc2nn[nH]n2)cc1OCC(N=NN)=C(C)CC.CCc1ccccc1. The quantitative estimate of drug-likeness (QED) is 0.0497. The number of aryl methyl sites for hydroxylation is 3. The van der Waals surface area contributed by atoms with Crippen molar-refractivity contribution in [2.24, 2.45) is 16.2 Å². The number of allylic oxidation sites excluding steroid dienone is 3. The van der Waals surface area contributed by atoms with Crippen molar-refractivity contribution < 1.29 is 14.3 Å². The molecule has 0 fully saturated rings. The molecule has 0 atom stereocenters. The number of carbonyl (C=O) groups is 1. The van der Waals surface area contributed by atoms with E-state index >= 15 is 0 Å². The Kier molecular flexibility index (Phi) is 16.4. The van der Waals surface area contributed by atoms with Gasteiger partial charge in [-0.25, -0.2) is 0 Å². The first-order valence-corrected chi connectivity index (χ1v) is 17.0. The van der Waals surface area contributed by atoms with Crippen molar-refractivity contribution in [3.63, 3.8) is 0 Å². The van der Waals surface area contributed by atoms with E-state index in [2.05, 4.69) is 81.2 Å². The monoisotopic (exact) mass is 665 g/mol. The van der Waals surface area contributed by atoms with Crippen LogP contribution in [0.2, 0.25) is 0 Å². The van der Waals surface area contributed by atoms with Crippen molar-refractivity contribution in [3.8, 4) is 11.5 Å². The fraction of sp³-hybridized carbons (Fsp3) is 0.385. The standard InChI is InChI=1S/C31H41N7O3.C8H10/c1-6-8-14-28(39)26(16-15-24-12-10-9-11-13-24)23(5)31-22(4)17-25(40-20-30-34-37-38-35-30)18-29(31)41-19-27(33-36-32)21(3)7-2;1-2-8-6-4-3-5-7-8/h9-13,17-18H,6-8,14-16,19-20H2,1-5H3,(H2,32,33)(H,34,35,37,38);3-7H,2H2,1H3/b26-23-,27-21?;. The summed E-state index contributed by atoms with van der Waals surface area (Å²) in [6.07, 6.45) is 5.64. The van der Waals surface area contributed by atoms with Gasteiger partial charge in [0.05, 0.1) is 0 Å². The highest BCUT2D eigenvalue weighted by Crippen LogP contribution is 2.37. The van der Waals surface area contributed by atoms with Crippen LogP contribution in [0.5, 0.6) is 11.5 Å². The lowest BCUT2D eigenvalue weighted by atomic mass is 9.89. The van der Waals surface area contributed by atoms with Crippen LogP contribution in [0.4, 0.5) is 0 Å². The Morgan fingerprint density at radius 3 is 2.18 bits per heavy atom. The molecule has 0 saturated carbocycles. The summed E-state index contributed by atoms with van der Waals surface area (Å²) in [5, 5.41) is 21.5. The summed E-state index contributed by atoms with van der Waals surface area (Å²) < 4.78 is 12.4. The second-order valence-corrected chi connectivity index (χ2v) is 11.8. The molecule has 4 rings (SSSR count). The number of tetrazole rings is 1. The minimum atomic E-state index is 0.142. The van der Waals surface area contributed by atoms with E-state index in [1.54, 1.807) is 0 Å². The van der Waals surface area contributed by atoms with E-state index in [0.717, 1.165) is 60.0 Å². The number of carbonyl (C=O) groups excluding carboxylic acids is 1. The van der Waals surface area contributed by atoms with Crippen molar-refractivity contribution >= 4 is 11.4 Å². The van der Waals surface area contributed by atoms with Crippen LogP contribution in [0.25, 0.3) is 5.57 Å². The van der Waals surface area contributed by atoms with Gasteiger partial charge in [0.25, 0.3) is 0 Å². The molecule has 3 aromatic carbocycles. The number of hydrogen-bond donors (Lipinski definition) is 2. The van der Waals surface area contributed by atoms with Crippen LogP contribution in [-0.2, 0) is 24.2 Å². The summed E-state index contributed by atoms with van der Waals surface area (Å²) >= 11 is 0. The maximum absolute atomic E-state index is 13.5. The van der Waals surface area contributed by atoms with E-state index < -0.39 is 0 Å². The van der Waals surface area contributed by atoms with Gasteiger partial charge < -0.3 is 15.3 Å². The maximum atomic E-state index is 13.5. The predicted molar refractivity (Wildman–Crippen MR) is 195 cm³/mol. The highest BCUT2D eigenvalue weighted by atomic mass is 16.5. The third-order valence-corrected chi connectivity index (χ3v) is 8.28. The van der Waals surface area contributed by atoms with Crippen molar-refractivity contribution in [1.29, 1.82) is 0 Å². The Bertz CT molecular complexity index is 1670. The van der Waals surface area contributed by atoms with E-state index in [-0.39, 0.29) is 19.0 Å². The third kappa shape index (κ3) is 12.4. The smallest absolute Gasteiger partial charge is 0.211 e. The van der Waals surface area contributed by atoms with E-state index in [9.17, 15) is 4.79 Å². The molecule has 0 unspecified atom stereocenters. The van der Waals surface area contributed by atoms with Crippen LogP contribution in [0.3, 0.4) is 0 Å². The molecule has 1 heterocycles. The molecule has 10 nitrogen and oxygen atoms in total. The number of aromatic amines is 1. The molecule has 0 aliphatic rings. The molecule has 0 aliphatic heterocycles. The van der Waals surface area contributed by atoms with E-state index in [1.165, 1.54) is 11.1 Å². The molecule has 0 aliphatic carbocycles. The van der Waals surface area contributed by atoms with Gasteiger partial charge in [-0.3, -0.25) is 4.79 Å². The zero-order valence-electron chi connectivity index (χ0n) is 29.8. The number of unbranched alkanes of at least 4 members (excludes halogenated alkanes) is 1. The molecule has 10 heteroatoms. The maximum Gasteiger partial charge on any atom is 0.211 e. The topological polar surface area (TPSA) is 141 Å². The first-order valence-electron chi connectivity index (χ1n) is 17.0. The molecule has 0 saturated heterocycles. The minimum Gasteiger partial charge on any atom is -0.486 e. The fourth-order valence-electron chi connectivity index (χ4n) is 5.25. The number of nitrogens with zero attached hydrogens (tertiary/aromatic N) is 5. The van der Waals surface area contributed by atoms with E-state index in [0.29, 0.717) is 35.9 Å². The number of nitrogens with two attached hydrogens (primary N) is 1. The van der Waals surface area contributed by atoms with Crippen LogP contribution in [0.15, 0.2) is 100.0 Å². The summed E-state index contributed by atoms with van der Waals surface area (Å²) in [7, 11) is 0. The molecule has 0 bridgehead atoms. The van der Waals surface area contributed by atoms with E-state index in [1.807, 2.05) is 64.1 Å². The zero-order valence-corrected chi connectivity index (χ0v) is 29.8. The number of nitrogens with one attached hydrogen (secondary N) is 1. The molecule has 3 N–H and O–H groups in total. The first kappa shape index (κ1) is 38.3. The average molecular weight is 666 g/mol. The summed E-state index contributed by atoms with van der Waals surface area (Å²) in [4.78, 5) is 13.5. The number of Topliss-reactive ketones (excluding diaryl/α,β-unsaturated/α-hetero) is 1. The third-order valence-electron chi connectivity index (χ3n) is 8.28. The Labute approximate surface area is 290 Å². The van der Waals surface area contributed by atoms with Gasteiger partial charge in [0, 0.05) is 18.1 Å². The summed E-state index contributed by atoms with van der Waals surface area (Å²) in [6, 6.07) is 24.5. The Balaban J connectivity index is 0.000000710. The molecule has 260 valence electrons. The Morgan fingerprint density at radius 1 is 0.918 bits per heavy atom. The van der Waals surface area contributed by atoms with Gasteiger partial charge in [-0.2, -0.15) is 5.21 Å². The van der Waals surface area contributed by atoms with Gasteiger partial charge in [0.15, 0.2) is 12.4 Å². The normalized spacial score (nSPS) is 12.1. The van der Waals surface area contributed by atoms with Crippen molar-refractivity contribution in [1.82, 2.24) is 20.6 Å². The summed E-state index contributed by atoms with van der Waals surface area (Å²) in [5.74, 6) is 7.15. The molecule has 0 radical (unpaired) electrons. The molecule has 4 aromatic rings. The van der Waals surface area contributed by atoms with Gasteiger partial charge >= 0.3 is 0 Å². The number of benzene rings is 3. The number of aromatic nitrogens is 4. The van der Waals surface area contributed by atoms with Gasteiger partial charge in [-0.15, -0.1) is 15.3 Å². The van der Waals surface area contributed by atoms with Gasteiger partial charge in [0.1, 0.15) is 23.8 Å². The summed E-state index contributed by atoms with van der Waals surface area (Å²) in [5.41, 5.74) is 7.78. The van der Waals surface area contributed by atoms with Crippen LogP contribution in [0.1, 0.15) is 94.8 Å². The van der Waals surface area contributed by atoms with Crippen LogP contribution in [-0.4, -0.2) is 33.0 Å². The first-order chi connectivity index (χ1) is 23.8. The summed E-state index contributed by atoms with van der Waals surface area (Å²) in [6.45, 7) is 12.6. The average Bonchev–Trinajstić information content (AvgIpc) is 3.66. The second-order valence-electron chi connectivity index (χ2n) is 11.8. The Hall–Kier alpha value is -5.12. The van der Waals surface area contributed by atoms with E-state index in [4.69, 9.17) is 15.3 Å². The number of rotatable bonds is 17. The zero-order chi connectivity index (χ0) is 35.4. The second kappa shape index (κ2) is 21.0. The van der Waals surface area contributed by atoms with Gasteiger partial charge in [-0.05, 0) is 92.4 Å². The molecule has 0 amide bonds. The van der Waals surface area contributed by atoms with Crippen molar-refractivity contribution in [3.05, 3.63) is 118 Å². The van der Waals surface area contributed by atoms with Gasteiger partial charge in [0.2, 0.25) is 5.82 Å². The van der Waals surface area contributed by atoms with Crippen LogP contribution < -0.4 is 15.3 Å². The van der Waals surface area contributed by atoms with Crippen molar-refractivity contribution in [2.45, 2.75) is 93.1 Å². The van der Waals surface area contributed by atoms with Crippen LogP contribution in [0, 0.1) is 6.92 Å². The molecular formula is C39H51N7O3. The molecule has 1 aromatic heterocycles. The predicted octanol–water partition coefficient (Wildman–Crippen LogP) is 8.89. The lowest BCUT2D eigenvalue weighted by Gasteiger charge is -2.20. The lowest BCUT2D eigenvalue weighted by Crippen LogP contribution is -2.10. The molecule has 49 heavy (non-hydrogen) atoms. The molecular weight excluding hydrogens is 614 g/mol. The fourth-order valence-corrected chi connectivity index (χ4v) is 5.25. The van der Waals surface area contributed by atoms with Crippen molar-refractivity contribution in [2.75, 3.05) is 6.61 Å². The minimum absolute atomic E-state index is 0.142. The molecule has 0 spiro atoms. The van der Waals surface area contributed by atoms with Crippen LogP contribution >= 0.6 is 0 Å². The largest absolute Gasteiger partial charge is 0.486 e. The Morgan fingerprint density at radius 2 is 1.61 bits per heavy atom.